The van der Waals surface area contributed by atoms with Gasteiger partial charge in [0.2, 0.25) is 0 Å². The zero-order chi connectivity index (χ0) is 22.8. The number of nitrogens with one attached hydrogen (secondary N) is 1. The number of nitrogens with zero attached hydrogens (tertiary/aromatic N) is 3. The molecule has 1 amide bonds. The van der Waals surface area contributed by atoms with E-state index in [0.29, 0.717) is 22.0 Å². The largest absolute Gasteiger partial charge is 0.462 e. The summed E-state index contributed by atoms with van der Waals surface area (Å²) in [5, 5.41) is 0.598. The lowest BCUT2D eigenvalue weighted by molar-refractivity contribution is -0.117. The number of amides is 1. The van der Waals surface area contributed by atoms with Gasteiger partial charge in [-0.2, -0.15) is 0 Å². The molecule has 1 N–H and O–H groups in total. The molecule has 7 nitrogen and oxygen atoms in total. The fraction of sp³-hybridized carbons (Fsp3) is 0.208. The summed E-state index contributed by atoms with van der Waals surface area (Å²) in [6, 6.07) is 16.6. The molecule has 0 radical (unpaired) electrons. The summed E-state index contributed by atoms with van der Waals surface area (Å²) in [4.78, 5) is 30.0. The Bertz CT molecular complexity index is 1310. The average Bonchev–Trinajstić information content (AvgIpc) is 3.26. The number of benzene rings is 2. The molecular weight excluding hydrogens is 428 g/mol. The number of hydrogen-bond donors (Lipinski definition) is 1. The Morgan fingerprint density at radius 1 is 1.09 bits per heavy atom. The normalized spacial score (nSPS) is 11.0. The Hall–Kier alpha value is -3.58. The number of carbonyl (C=O) groups is 2. The highest BCUT2D eigenvalue weighted by atomic mass is 35.5. The van der Waals surface area contributed by atoms with Gasteiger partial charge in [-0.25, -0.2) is 9.78 Å². The molecule has 0 saturated carbocycles. The van der Waals surface area contributed by atoms with E-state index in [2.05, 4.69) is 10.4 Å². The molecule has 2 aromatic heterocycles. The zero-order valence-corrected chi connectivity index (χ0v) is 18.8. The summed E-state index contributed by atoms with van der Waals surface area (Å²) < 4.78 is 8.66. The van der Waals surface area contributed by atoms with Crippen molar-refractivity contribution >= 4 is 34.5 Å². The second-order valence-electron chi connectivity index (χ2n) is 7.36. The first-order valence-corrected chi connectivity index (χ1v) is 10.6. The zero-order valence-electron chi connectivity index (χ0n) is 18.1. The van der Waals surface area contributed by atoms with Crippen molar-refractivity contribution in [2.45, 2.75) is 27.3 Å². The summed E-state index contributed by atoms with van der Waals surface area (Å²) in [7, 11) is 0. The van der Waals surface area contributed by atoms with E-state index in [1.165, 1.54) is 0 Å². The molecule has 0 fully saturated rings. The van der Waals surface area contributed by atoms with E-state index in [0.717, 1.165) is 22.4 Å². The van der Waals surface area contributed by atoms with Crippen molar-refractivity contribution in [3.8, 4) is 11.3 Å². The van der Waals surface area contributed by atoms with Crippen molar-refractivity contribution in [3.63, 3.8) is 0 Å². The predicted octanol–water partition coefficient (Wildman–Crippen LogP) is 4.72. The van der Waals surface area contributed by atoms with E-state index in [4.69, 9.17) is 16.3 Å². The highest BCUT2D eigenvalue weighted by Gasteiger charge is 2.21. The van der Waals surface area contributed by atoms with Crippen molar-refractivity contribution < 1.29 is 14.3 Å². The first-order valence-electron chi connectivity index (χ1n) is 10.3. The van der Waals surface area contributed by atoms with Gasteiger partial charge in [-0.1, -0.05) is 35.9 Å². The van der Waals surface area contributed by atoms with Crippen molar-refractivity contribution in [1.29, 1.82) is 0 Å². The summed E-state index contributed by atoms with van der Waals surface area (Å²) >= 11 is 6.03. The number of esters is 1. The maximum atomic E-state index is 13.1. The van der Waals surface area contributed by atoms with Crippen LogP contribution in [-0.4, -0.2) is 32.7 Å². The third-order valence-electron chi connectivity index (χ3n) is 5.27. The van der Waals surface area contributed by atoms with Crippen LogP contribution < -0.4 is 5.43 Å². The second-order valence-corrected chi connectivity index (χ2v) is 7.80. The molecule has 0 saturated heterocycles. The van der Waals surface area contributed by atoms with Crippen molar-refractivity contribution in [2.24, 2.45) is 0 Å². The van der Waals surface area contributed by atoms with Crippen LogP contribution in [-0.2, 0) is 16.1 Å². The predicted molar refractivity (Wildman–Crippen MR) is 124 cm³/mol. The van der Waals surface area contributed by atoms with Crippen molar-refractivity contribution in [2.75, 3.05) is 12.0 Å². The van der Waals surface area contributed by atoms with Crippen LogP contribution in [0.2, 0.25) is 5.02 Å². The molecule has 2 aromatic carbocycles. The van der Waals surface area contributed by atoms with E-state index < -0.39 is 5.97 Å². The van der Waals surface area contributed by atoms with Gasteiger partial charge in [0.25, 0.3) is 5.91 Å². The Balaban J connectivity index is 1.69. The van der Waals surface area contributed by atoms with E-state index in [-0.39, 0.29) is 19.1 Å². The fourth-order valence-corrected chi connectivity index (χ4v) is 3.82. The van der Waals surface area contributed by atoms with Crippen LogP contribution in [0.5, 0.6) is 0 Å². The van der Waals surface area contributed by atoms with Gasteiger partial charge < -0.3 is 9.30 Å². The molecule has 4 rings (SSSR count). The second kappa shape index (κ2) is 8.88. The van der Waals surface area contributed by atoms with Crippen molar-refractivity contribution in [3.05, 3.63) is 76.7 Å². The van der Waals surface area contributed by atoms with E-state index >= 15 is 0 Å². The van der Waals surface area contributed by atoms with Crippen LogP contribution >= 0.6 is 11.6 Å². The van der Waals surface area contributed by atoms with Crippen LogP contribution in [0.3, 0.4) is 0 Å². The molecule has 4 aromatic rings. The molecule has 32 heavy (non-hydrogen) atoms. The number of carbonyl (C=O) groups excluding carboxylic acids is 2. The lowest BCUT2D eigenvalue weighted by atomic mass is 10.1. The number of aromatic nitrogens is 3. The highest BCUT2D eigenvalue weighted by molar-refractivity contribution is 6.30. The van der Waals surface area contributed by atoms with Gasteiger partial charge >= 0.3 is 5.97 Å². The van der Waals surface area contributed by atoms with Crippen LogP contribution in [0.1, 0.15) is 28.8 Å². The van der Waals surface area contributed by atoms with Gasteiger partial charge in [-0.05, 0) is 51.1 Å². The monoisotopic (exact) mass is 450 g/mol. The third kappa shape index (κ3) is 4.11. The first-order chi connectivity index (χ1) is 15.4. The molecule has 0 aliphatic rings. The molecule has 2 heterocycles. The van der Waals surface area contributed by atoms with Gasteiger partial charge in [0.05, 0.1) is 34.6 Å². The minimum absolute atomic E-state index is 0.0821. The minimum Gasteiger partial charge on any atom is -0.462 e. The third-order valence-corrected chi connectivity index (χ3v) is 5.52. The Labute approximate surface area is 190 Å². The van der Waals surface area contributed by atoms with E-state index in [1.54, 1.807) is 36.7 Å². The molecule has 0 aliphatic heterocycles. The number of halogens is 1. The standard InChI is InChI=1S/C24H23ClN4O3/c1-4-32-24(31)19-13-22(17-9-11-18(25)12-10-17)29(15(19)2)27-23(30)14-28-16(3)26-20-7-5-6-8-21(20)28/h5-13H,4,14H2,1-3H3,(H,27,30). The van der Waals surface area contributed by atoms with Crippen LogP contribution in [0, 0.1) is 13.8 Å². The first kappa shape index (κ1) is 21.6. The van der Waals surface area contributed by atoms with Gasteiger partial charge in [0, 0.05) is 10.6 Å². The number of fused-ring (bicyclic) bond motifs is 1. The molecule has 164 valence electrons. The summed E-state index contributed by atoms with van der Waals surface area (Å²) in [6.45, 7) is 5.73. The number of rotatable bonds is 6. The highest BCUT2D eigenvalue weighted by Crippen LogP contribution is 2.27. The van der Waals surface area contributed by atoms with Crippen LogP contribution in [0.15, 0.2) is 54.6 Å². The topological polar surface area (TPSA) is 78.1 Å². The lowest BCUT2D eigenvalue weighted by Gasteiger charge is -2.15. The molecule has 0 unspecified atom stereocenters. The maximum absolute atomic E-state index is 13.1. The Morgan fingerprint density at radius 3 is 2.53 bits per heavy atom. The minimum atomic E-state index is -0.440. The van der Waals surface area contributed by atoms with Crippen LogP contribution in [0.25, 0.3) is 22.3 Å². The van der Waals surface area contributed by atoms with Crippen LogP contribution in [0.4, 0.5) is 0 Å². The smallest absolute Gasteiger partial charge is 0.340 e. The van der Waals surface area contributed by atoms with Gasteiger partial charge in [0.15, 0.2) is 0 Å². The maximum Gasteiger partial charge on any atom is 0.340 e. The van der Waals surface area contributed by atoms with Gasteiger partial charge in [-0.15, -0.1) is 0 Å². The molecular formula is C24H23ClN4O3. The molecule has 0 aliphatic carbocycles. The fourth-order valence-electron chi connectivity index (χ4n) is 3.70. The van der Waals surface area contributed by atoms with E-state index in [1.807, 2.05) is 47.9 Å². The number of aryl methyl sites for hydroxylation is 1. The Kier molecular flexibility index (Phi) is 6.01. The average molecular weight is 451 g/mol. The number of hydrogen-bond acceptors (Lipinski definition) is 4. The molecule has 0 spiro atoms. The quantitative estimate of drug-likeness (QED) is 0.431. The summed E-state index contributed by atoms with van der Waals surface area (Å²) in [5.41, 5.74) is 7.07. The lowest BCUT2D eigenvalue weighted by Crippen LogP contribution is -2.28. The molecule has 0 bridgehead atoms. The number of ether oxygens (including phenoxy) is 1. The van der Waals surface area contributed by atoms with Crippen molar-refractivity contribution in [1.82, 2.24) is 14.2 Å². The Morgan fingerprint density at radius 2 is 1.81 bits per heavy atom. The van der Waals surface area contributed by atoms with Gasteiger partial charge in [-0.3, -0.25) is 14.9 Å². The molecule has 0 atom stereocenters. The number of imidazole rings is 1. The summed E-state index contributed by atoms with van der Waals surface area (Å²) in [5.74, 6) is 0.0564. The number of para-hydroxylation sites is 2. The van der Waals surface area contributed by atoms with E-state index in [9.17, 15) is 9.59 Å². The SMILES string of the molecule is CCOC(=O)c1cc(-c2ccc(Cl)cc2)n(NC(=O)Cn2c(C)nc3ccccc32)c1C. The molecule has 8 heteroatoms. The van der Waals surface area contributed by atoms with Gasteiger partial charge in [0.1, 0.15) is 12.4 Å². The summed E-state index contributed by atoms with van der Waals surface area (Å²) in [6.07, 6.45) is 0.